The second-order valence-electron chi connectivity index (χ2n) is 5.51. The summed E-state index contributed by atoms with van der Waals surface area (Å²) in [6.07, 6.45) is 3.55. The predicted octanol–water partition coefficient (Wildman–Crippen LogP) is 4.15. The van der Waals surface area contributed by atoms with Gasteiger partial charge in [0.15, 0.2) is 0 Å². The third-order valence-electron chi connectivity index (χ3n) is 3.66. The average Bonchev–Trinajstić information content (AvgIpc) is 3.30. The molecule has 3 heteroatoms. The van der Waals surface area contributed by atoms with Crippen molar-refractivity contribution in [1.29, 1.82) is 0 Å². The van der Waals surface area contributed by atoms with E-state index in [1.54, 1.807) is 0 Å². The zero-order valence-electron chi connectivity index (χ0n) is 12.2. The van der Waals surface area contributed by atoms with Gasteiger partial charge in [-0.2, -0.15) is 0 Å². The molecule has 2 aromatic rings. The molecule has 1 N–H and O–H groups in total. The van der Waals surface area contributed by atoms with Gasteiger partial charge in [0.25, 0.3) is 0 Å². The predicted molar refractivity (Wildman–Crippen MR) is 83.0 cm³/mol. The third kappa shape index (κ3) is 2.82. The van der Waals surface area contributed by atoms with Crippen molar-refractivity contribution in [2.45, 2.75) is 39.0 Å². The van der Waals surface area contributed by atoms with Gasteiger partial charge in [0.2, 0.25) is 0 Å². The second kappa shape index (κ2) is 5.61. The minimum Gasteiger partial charge on any atom is -0.370 e. The van der Waals surface area contributed by atoms with E-state index in [9.17, 15) is 0 Å². The molecule has 1 aromatic carbocycles. The van der Waals surface area contributed by atoms with Crippen LogP contribution < -0.4 is 5.32 Å². The highest BCUT2D eigenvalue weighted by Gasteiger charge is 2.27. The number of aryl methyl sites for hydroxylation is 1. The van der Waals surface area contributed by atoms with Crippen LogP contribution in [-0.4, -0.2) is 16.5 Å². The van der Waals surface area contributed by atoms with Crippen molar-refractivity contribution in [1.82, 2.24) is 9.97 Å². The SMILES string of the molecule is CCCNc1cc(-c2ccccc2C)nc(C2CC2)n1. The summed E-state index contributed by atoms with van der Waals surface area (Å²) in [6, 6.07) is 10.5. The molecule has 1 heterocycles. The van der Waals surface area contributed by atoms with E-state index in [1.165, 1.54) is 24.0 Å². The third-order valence-corrected chi connectivity index (χ3v) is 3.66. The van der Waals surface area contributed by atoms with Crippen molar-refractivity contribution in [3.8, 4) is 11.3 Å². The Hall–Kier alpha value is -1.90. The summed E-state index contributed by atoms with van der Waals surface area (Å²) in [5.41, 5.74) is 3.50. The summed E-state index contributed by atoms with van der Waals surface area (Å²) in [4.78, 5) is 9.45. The number of aromatic nitrogens is 2. The molecule has 104 valence electrons. The fourth-order valence-corrected chi connectivity index (χ4v) is 2.33. The zero-order chi connectivity index (χ0) is 13.9. The second-order valence-corrected chi connectivity index (χ2v) is 5.51. The first-order valence-electron chi connectivity index (χ1n) is 7.46. The number of benzene rings is 1. The van der Waals surface area contributed by atoms with E-state index in [4.69, 9.17) is 4.98 Å². The van der Waals surface area contributed by atoms with E-state index < -0.39 is 0 Å². The maximum atomic E-state index is 4.78. The Labute approximate surface area is 120 Å². The van der Waals surface area contributed by atoms with Gasteiger partial charge in [-0.25, -0.2) is 9.97 Å². The van der Waals surface area contributed by atoms with E-state index in [2.05, 4.69) is 54.5 Å². The van der Waals surface area contributed by atoms with Crippen LogP contribution in [0, 0.1) is 6.92 Å². The smallest absolute Gasteiger partial charge is 0.134 e. The maximum absolute atomic E-state index is 4.78. The van der Waals surface area contributed by atoms with E-state index in [0.717, 1.165) is 30.3 Å². The molecule has 0 saturated heterocycles. The Balaban J connectivity index is 2.00. The summed E-state index contributed by atoms with van der Waals surface area (Å²) in [5, 5.41) is 3.40. The molecular weight excluding hydrogens is 246 g/mol. The van der Waals surface area contributed by atoms with Crippen molar-refractivity contribution in [2.24, 2.45) is 0 Å². The van der Waals surface area contributed by atoms with Gasteiger partial charge in [-0.1, -0.05) is 31.2 Å². The van der Waals surface area contributed by atoms with Crippen LogP contribution in [0.5, 0.6) is 0 Å². The first-order valence-corrected chi connectivity index (χ1v) is 7.46. The highest BCUT2D eigenvalue weighted by atomic mass is 15.0. The van der Waals surface area contributed by atoms with E-state index in [0.29, 0.717) is 5.92 Å². The molecular formula is C17H21N3. The molecule has 0 spiro atoms. The van der Waals surface area contributed by atoms with Crippen molar-refractivity contribution in [2.75, 3.05) is 11.9 Å². The molecule has 0 unspecified atom stereocenters. The lowest BCUT2D eigenvalue weighted by Crippen LogP contribution is -2.05. The van der Waals surface area contributed by atoms with Crippen LogP contribution in [0.15, 0.2) is 30.3 Å². The summed E-state index contributed by atoms with van der Waals surface area (Å²) < 4.78 is 0. The lowest BCUT2D eigenvalue weighted by Gasteiger charge is -2.11. The molecule has 3 rings (SSSR count). The van der Waals surface area contributed by atoms with E-state index in [-0.39, 0.29) is 0 Å². The summed E-state index contributed by atoms with van der Waals surface area (Å²) >= 11 is 0. The maximum Gasteiger partial charge on any atom is 0.134 e. The molecule has 0 atom stereocenters. The highest BCUT2D eigenvalue weighted by molar-refractivity contribution is 5.66. The summed E-state index contributed by atoms with van der Waals surface area (Å²) in [5.74, 6) is 2.53. The van der Waals surface area contributed by atoms with Gasteiger partial charge in [-0.15, -0.1) is 0 Å². The van der Waals surface area contributed by atoms with E-state index >= 15 is 0 Å². The molecule has 0 bridgehead atoms. The fourth-order valence-electron chi connectivity index (χ4n) is 2.33. The van der Waals surface area contributed by atoms with Crippen LogP contribution in [0.2, 0.25) is 0 Å². The van der Waals surface area contributed by atoms with Crippen LogP contribution in [-0.2, 0) is 0 Å². The number of rotatable bonds is 5. The number of nitrogens with zero attached hydrogens (tertiary/aromatic N) is 2. The van der Waals surface area contributed by atoms with Gasteiger partial charge in [0, 0.05) is 24.1 Å². The standard InChI is InChI=1S/C17H21N3/c1-3-10-18-16-11-15(14-7-5-4-6-12(14)2)19-17(20-16)13-8-9-13/h4-7,11,13H,3,8-10H2,1-2H3,(H,18,19,20). The van der Waals surface area contributed by atoms with Gasteiger partial charge < -0.3 is 5.32 Å². The van der Waals surface area contributed by atoms with Gasteiger partial charge in [0.1, 0.15) is 11.6 Å². The van der Waals surface area contributed by atoms with Gasteiger partial charge in [0.05, 0.1) is 5.69 Å². The normalized spacial score (nSPS) is 14.3. The lowest BCUT2D eigenvalue weighted by molar-refractivity contribution is 0.911. The first kappa shape index (κ1) is 13.1. The van der Waals surface area contributed by atoms with Crippen LogP contribution in [0.1, 0.15) is 43.5 Å². The fraction of sp³-hybridized carbons (Fsp3) is 0.412. The molecule has 0 radical (unpaired) electrons. The van der Waals surface area contributed by atoms with Crippen molar-refractivity contribution in [3.05, 3.63) is 41.7 Å². The van der Waals surface area contributed by atoms with Crippen molar-refractivity contribution < 1.29 is 0 Å². The number of nitrogens with one attached hydrogen (secondary N) is 1. The number of anilines is 1. The van der Waals surface area contributed by atoms with Crippen molar-refractivity contribution >= 4 is 5.82 Å². The monoisotopic (exact) mass is 267 g/mol. The molecule has 1 aliphatic rings. The van der Waals surface area contributed by atoms with Gasteiger partial charge in [-0.3, -0.25) is 0 Å². The molecule has 1 saturated carbocycles. The zero-order valence-corrected chi connectivity index (χ0v) is 12.2. The summed E-state index contributed by atoms with van der Waals surface area (Å²) in [7, 11) is 0. The topological polar surface area (TPSA) is 37.8 Å². The van der Waals surface area contributed by atoms with Crippen LogP contribution in [0.4, 0.5) is 5.82 Å². The molecule has 1 aliphatic carbocycles. The van der Waals surface area contributed by atoms with Crippen LogP contribution in [0.3, 0.4) is 0 Å². The Morgan fingerprint density at radius 3 is 2.70 bits per heavy atom. The highest BCUT2D eigenvalue weighted by Crippen LogP contribution is 2.39. The number of hydrogen-bond acceptors (Lipinski definition) is 3. The molecule has 1 aromatic heterocycles. The number of hydrogen-bond donors (Lipinski definition) is 1. The van der Waals surface area contributed by atoms with E-state index in [1.807, 2.05) is 0 Å². The van der Waals surface area contributed by atoms with Crippen molar-refractivity contribution in [3.63, 3.8) is 0 Å². The molecule has 0 amide bonds. The molecule has 20 heavy (non-hydrogen) atoms. The average molecular weight is 267 g/mol. The Morgan fingerprint density at radius 1 is 1.20 bits per heavy atom. The Morgan fingerprint density at radius 2 is 2.00 bits per heavy atom. The van der Waals surface area contributed by atoms with Gasteiger partial charge in [-0.05, 0) is 31.7 Å². The van der Waals surface area contributed by atoms with Gasteiger partial charge >= 0.3 is 0 Å². The Kier molecular flexibility index (Phi) is 3.68. The summed E-state index contributed by atoms with van der Waals surface area (Å²) in [6.45, 7) is 5.25. The molecule has 0 aliphatic heterocycles. The molecule has 1 fully saturated rings. The van der Waals surface area contributed by atoms with Crippen LogP contribution >= 0.6 is 0 Å². The van der Waals surface area contributed by atoms with Crippen LogP contribution in [0.25, 0.3) is 11.3 Å². The lowest BCUT2D eigenvalue weighted by atomic mass is 10.1. The minimum absolute atomic E-state index is 0.571. The molecule has 3 nitrogen and oxygen atoms in total. The largest absolute Gasteiger partial charge is 0.370 e. The quantitative estimate of drug-likeness (QED) is 0.884. The minimum atomic E-state index is 0.571. The first-order chi connectivity index (χ1) is 9.78. The Bertz CT molecular complexity index is 603.